The molecule has 2 atom stereocenters. The fourth-order valence-electron chi connectivity index (χ4n) is 4.38. The highest BCUT2D eigenvalue weighted by Crippen LogP contribution is 2.43. The van der Waals surface area contributed by atoms with Crippen LogP contribution in [0.2, 0.25) is 0 Å². The molecule has 0 radical (unpaired) electrons. The molecule has 1 aliphatic rings. The maximum atomic E-state index is 14.0. The molecule has 0 saturated carbocycles. The number of hydrogen-bond acceptors (Lipinski definition) is 7. The number of aliphatic hydroxyl groups excluding tert-OH is 1. The lowest BCUT2D eigenvalue weighted by Gasteiger charge is -2.31. The number of benzene rings is 3. The van der Waals surface area contributed by atoms with Gasteiger partial charge in [0.1, 0.15) is 11.5 Å². The zero-order chi connectivity index (χ0) is 27.7. The zero-order valence-corrected chi connectivity index (χ0v) is 23.7. The van der Waals surface area contributed by atoms with Gasteiger partial charge in [-0.05, 0) is 66.1 Å². The maximum Gasteiger partial charge on any atom is 0.266 e. The van der Waals surface area contributed by atoms with E-state index < -0.39 is 11.6 Å². The lowest BCUT2D eigenvalue weighted by Crippen LogP contribution is -2.54. The number of hydrogen-bond donors (Lipinski definition) is 3. The molecule has 0 aromatic heterocycles. The average Bonchev–Trinajstić information content (AvgIpc) is 3.35. The van der Waals surface area contributed by atoms with Crippen molar-refractivity contribution < 1.29 is 24.1 Å². The molecule has 3 aromatic carbocycles. The lowest BCUT2D eigenvalue weighted by molar-refractivity contribution is -0.130. The second kappa shape index (κ2) is 13.6. The number of hydrazine groups is 1. The summed E-state index contributed by atoms with van der Waals surface area (Å²) in [5.74, 6) is 1.42. The first-order valence-electron chi connectivity index (χ1n) is 13.0. The average molecular weight is 597 g/mol. The minimum Gasteiger partial charge on any atom is -0.497 e. The summed E-state index contributed by atoms with van der Waals surface area (Å²) in [5, 5.41) is 9.01. The second-order valence-electron chi connectivity index (χ2n) is 9.25. The summed E-state index contributed by atoms with van der Waals surface area (Å²) in [4.78, 5) is 19.0. The first kappa shape index (κ1) is 28.6. The van der Waals surface area contributed by atoms with Crippen LogP contribution in [0.1, 0.15) is 42.6 Å². The number of aliphatic imine (C=N–C) groups is 1. The van der Waals surface area contributed by atoms with E-state index in [-0.39, 0.29) is 12.5 Å². The molecule has 1 aliphatic heterocycles. The smallest absolute Gasteiger partial charge is 0.266 e. The number of aliphatic hydroxyl groups is 1. The Bertz CT molecular complexity index is 1270. The monoisotopic (exact) mass is 595 g/mol. The summed E-state index contributed by atoms with van der Waals surface area (Å²) >= 11 is 3.49. The van der Waals surface area contributed by atoms with E-state index >= 15 is 0 Å². The van der Waals surface area contributed by atoms with Crippen LogP contribution in [-0.2, 0) is 16.0 Å². The van der Waals surface area contributed by atoms with Crippen molar-refractivity contribution in [1.82, 2.24) is 10.9 Å². The van der Waals surface area contributed by atoms with Crippen molar-refractivity contribution in [3.8, 4) is 11.5 Å². The highest BCUT2D eigenvalue weighted by Gasteiger charge is 2.53. The van der Waals surface area contributed by atoms with Crippen LogP contribution < -0.4 is 20.3 Å². The van der Waals surface area contributed by atoms with E-state index in [1.165, 1.54) is 0 Å². The van der Waals surface area contributed by atoms with E-state index in [0.717, 1.165) is 27.6 Å². The van der Waals surface area contributed by atoms with Crippen molar-refractivity contribution in [3.63, 3.8) is 0 Å². The van der Waals surface area contributed by atoms with Crippen LogP contribution in [0.3, 0.4) is 0 Å². The third kappa shape index (κ3) is 6.98. The molecular formula is C30H34BrN3O5. The molecule has 3 aromatic rings. The van der Waals surface area contributed by atoms with E-state index in [4.69, 9.17) is 24.3 Å². The van der Waals surface area contributed by atoms with Gasteiger partial charge < -0.3 is 19.3 Å². The number of halogens is 1. The Kier molecular flexibility index (Phi) is 9.97. The van der Waals surface area contributed by atoms with Crippen LogP contribution in [0.5, 0.6) is 11.5 Å². The van der Waals surface area contributed by atoms with Gasteiger partial charge in [0.25, 0.3) is 5.91 Å². The summed E-state index contributed by atoms with van der Waals surface area (Å²) in [6, 6.07) is 22.8. The van der Waals surface area contributed by atoms with Gasteiger partial charge in [-0.2, -0.15) is 0 Å². The van der Waals surface area contributed by atoms with Crippen molar-refractivity contribution in [2.45, 2.75) is 37.8 Å². The SMILES string of the molecule is CCCNNC(=O)[C@@]1(Cc2ccc(Br)cc2)N=C(c2ccc(OCCCO)cc2)O[C@H]1c1cccc(OC)c1. The van der Waals surface area contributed by atoms with Gasteiger partial charge in [-0.25, -0.2) is 10.4 Å². The molecule has 4 rings (SSSR count). The van der Waals surface area contributed by atoms with Crippen LogP contribution in [0.25, 0.3) is 0 Å². The number of carbonyl (C=O) groups is 1. The summed E-state index contributed by atoms with van der Waals surface area (Å²) in [6.45, 7) is 3.15. The predicted octanol–water partition coefficient (Wildman–Crippen LogP) is 4.75. The first-order chi connectivity index (χ1) is 19.0. The van der Waals surface area contributed by atoms with E-state index in [0.29, 0.717) is 43.4 Å². The van der Waals surface area contributed by atoms with Crippen molar-refractivity contribution in [2.75, 3.05) is 26.9 Å². The molecule has 8 nitrogen and oxygen atoms in total. The van der Waals surface area contributed by atoms with Gasteiger partial charge in [0.2, 0.25) is 5.90 Å². The summed E-state index contributed by atoms with van der Waals surface area (Å²) in [6.07, 6.45) is 1.01. The zero-order valence-electron chi connectivity index (χ0n) is 22.2. The van der Waals surface area contributed by atoms with Crippen molar-refractivity contribution >= 4 is 27.7 Å². The quantitative estimate of drug-likeness (QED) is 0.195. The number of carbonyl (C=O) groups excluding carboxylic acids is 1. The first-order valence-corrected chi connectivity index (χ1v) is 13.8. The Morgan fingerprint density at radius 2 is 1.87 bits per heavy atom. The Hall–Kier alpha value is -3.40. The van der Waals surface area contributed by atoms with Crippen LogP contribution in [0.15, 0.2) is 82.3 Å². The van der Waals surface area contributed by atoms with Gasteiger partial charge >= 0.3 is 0 Å². The second-order valence-corrected chi connectivity index (χ2v) is 10.2. The summed E-state index contributed by atoms with van der Waals surface area (Å²) in [5.41, 5.74) is 7.05. The topological polar surface area (TPSA) is 101 Å². The van der Waals surface area contributed by atoms with Gasteiger partial charge in [-0.1, -0.05) is 47.1 Å². The van der Waals surface area contributed by atoms with Crippen molar-refractivity contribution in [3.05, 3.63) is 94.0 Å². The Balaban J connectivity index is 1.77. The highest BCUT2D eigenvalue weighted by molar-refractivity contribution is 9.10. The molecular weight excluding hydrogens is 562 g/mol. The molecule has 1 heterocycles. The number of amides is 1. The molecule has 206 valence electrons. The van der Waals surface area contributed by atoms with Crippen LogP contribution >= 0.6 is 15.9 Å². The van der Waals surface area contributed by atoms with Gasteiger partial charge in [0, 0.05) is 36.0 Å². The number of nitrogens with one attached hydrogen (secondary N) is 2. The minimum atomic E-state index is -1.30. The van der Waals surface area contributed by atoms with Crippen LogP contribution in [0.4, 0.5) is 0 Å². The maximum absolute atomic E-state index is 14.0. The molecule has 0 saturated heterocycles. The number of ether oxygens (including phenoxy) is 3. The highest BCUT2D eigenvalue weighted by atomic mass is 79.9. The Labute approximate surface area is 237 Å². The van der Waals surface area contributed by atoms with E-state index in [2.05, 4.69) is 26.8 Å². The molecule has 3 N–H and O–H groups in total. The largest absolute Gasteiger partial charge is 0.497 e. The standard InChI is InChI=1S/C30H34BrN3O5/c1-3-16-32-34-29(36)30(20-21-8-12-24(31)13-9-21)27(23-6-4-7-26(19-23)37-2)39-28(33-30)22-10-14-25(15-11-22)38-18-5-17-35/h4,6-15,19,27,32,35H,3,5,16-18,20H2,1-2H3,(H,34,36)/t27-,30-/m0/s1. The molecule has 9 heteroatoms. The van der Waals surface area contributed by atoms with Gasteiger partial charge in [0.05, 0.1) is 13.7 Å². The van der Waals surface area contributed by atoms with E-state index in [1.807, 2.05) is 79.7 Å². The summed E-state index contributed by atoms with van der Waals surface area (Å²) < 4.78 is 18.6. The molecule has 39 heavy (non-hydrogen) atoms. The molecule has 0 unspecified atom stereocenters. The fraction of sp³-hybridized carbons (Fsp3) is 0.333. The molecule has 0 spiro atoms. The van der Waals surface area contributed by atoms with Gasteiger partial charge in [0.15, 0.2) is 11.6 Å². The molecule has 0 bridgehead atoms. The third-order valence-corrected chi connectivity index (χ3v) is 6.92. The van der Waals surface area contributed by atoms with Crippen LogP contribution in [0, 0.1) is 0 Å². The Morgan fingerprint density at radius 3 is 2.56 bits per heavy atom. The van der Waals surface area contributed by atoms with E-state index in [1.54, 1.807) is 7.11 Å². The summed E-state index contributed by atoms with van der Waals surface area (Å²) in [7, 11) is 1.61. The molecule has 1 amide bonds. The normalized spacial score (nSPS) is 18.3. The van der Waals surface area contributed by atoms with Crippen molar-refractivity contribution in [1.29, 1.82) is 0 Å². The van der Waals surface area contributed by atoms with Gasteiger partial charge in [-0.3, -0.25) is 10.2 Å². The minimum absolute atomic E-state index is 0.0734. The fourth-order valence-corrected chi connectivity index (χ4v) is 4.64. The molecule has 0 fully saturated rings. The number of methoxy groups -OCH3 is 1. The van der Waals surface area contributed by atoms with Crippen LogP contribution in [-0.4, -0.2) is 49.3 Å². The third-order valence-electron chi connectivity index (χ3n) is 6.39. The van der Waals surface area contributed by atoms with Gasteiger partial charge in [-0.15, -0.1) is 0 Å². The Morgan fingerprint density at radius 1 is 1.10 bits per heavy atom. The molecule has 0 aliphatic carbocycles. The lowest BCUT2D eigenvalue weighted by atomic mass is 9.82. The van der Waals surface area contributed by atoms with Crippen molar-refractivity contribution in [2.24, 2.45) is 4.99 Å². The van der Waals surface area contributed by atoms with E-state index in [9.17, 15) is 4.79 Å². The number of nitrogens with zero attached hydrogens (tertiary/aromatic N) is 1. The number of rotatable bonds is 13. The predicted molar refractivity (Wildman–Crippen MR) is 154 cm³/mol.